The van der Waals surface area contributed by atoms with E-state index in [1.165, 1.54) is 17.2 Å². The minimum Gasteiger partial charge on any atom is -0.440 e. The molecule has 2 unspecified atom stereocenters. The first-order chi connectivity index (χ1) is 17.7. The molecule has 38 heavy (non-hydrogen) atoms. The number of carbonyl (C=O) groups is 4. The van der Waals surface area contributed by atoms with Crippen LogP contribution in [0.25, 0.3) is 11.2 Å². The SMILES string of the molecule is CC(=O)O[C@@](C(C)=O)(C(=O)C(C)=O)C(O)C(O)CO.Nc1ncnc2c1ncn2[C@@H]1O[C@H](CO)[C@@H](O)[C@H]1O. The van der Waals surface area contributed by atoms with E-state index in [2.05, 4.69) is 19.7 Å². The Morgan fingerprint density at radius 1 is 1.11 bits per heavy atom. The third-order valence-electron chi connectivity index (χ3n) is 5.63. The van der Waals surface area contributed by atoms with Gasteiger partial charge in [0.2, 0.25) is 0 Å². The Bertz CT molecular complexity index is 1190. The van der Waals surface area contributed by atoms with E-state index in [1.807, 2.05) is 0 Å². The zero-order valence-electron chi connectivity index (χ0n) is 20.5. The number of imidazole rings is 1. The van der Waals surface area contributed by atoms with Gasteiger partial charge in [0.1, 0.15) is 42.4 Å². The van der Waals surface area contributed by atoms with E-state index in [9.17, 15) is 39.6 Å². The average Bonchev–Trinajstić information content (AvgIpc) is 3.42. The molecule has 0 aromatic carbocycles. The lowest BCUT2D eigenvalue weighted by molar-refractivity contribution is -0.193. The number of nitrogen functional groups attached to an aromatic ring is 1. The number of carbonyl (C=O) groups excluding carboxylic acids is 4. The first-order valence-corrected chi connectivity index (χ1v) is 11.0. The Morgan fingerprint density at radius 2 is 1.74 bits per heavy atom. The number of ketones is 3. The van der Waals surface area contributed by atoms with Crippen LogP contribution in [-0.2, 0) is 28.7 Å². The molecule has 3 heterocycles. The number of hydrogen-bond donors (Lipinski definition) is 7. The van der Waals surface area contributed by atoms with Crippen molar-refractivity contribution in [1.82, 2.24) is 19.5 Å². The van der Waals surface area contributed by atoms with E-state index in [0.29, 0.717) is 11.2 Å². The molecule has 0 amide bonds. The molecule has 2 aromatic heterocycles. The highest BCUT2D eigenvalue weighted by atomic mass is 16.6. The van der Waals surface area contributed by atoms with Gasteiger partial charge in [0, 0.05) is 13.8 Å². The number of nitrogens with two attached hydrogens (primary N) is 1. The van der Waals surface area contributed by atoms with Crippen LogP contribution in [0.3, 0.4) is 0 Å². The average molecular weight is 543 g/mol. The topological polar surface area (TPSA) is 278 Å². The molecule has 17 heteroatoms. The normalized spacial score (nSPS) is 24.0. The van der Waals surface area contributed by atoms with Gasteiger partial charge in [-0.15, -0.1) is 0 Å². The highest BCUT2D eigenvalue weighted by Gasteiger charge is 2.56. The molecule has 1 saturated heterocycles. The summed E-state index contributed by atoms with van der Waals surface area (Å²) in [7, 11) is 0. The van der Waals surface area contributed by atoms with E-state index in [4.69, 9.17) is 20.7 Å². The van der Waals surface area contributed by atoms with E-state index in [-0.39, 0.29) is 5.82 Å². The Labute approximate surface area is 214 Å². The van der Waals surface area contributed by atoms with E-state index in [0.717, 1.165) is 20.8 Å². The zero-order valence-corrected chi connectivity index (χ0v) is 20.5. The molecular formula is C21H29N5O12. The van der Waals surface area contributed by atoms with Crippen molar-refractivity contribution in [1.29, 1.82) is 0 Å². The summed E-state index contributed by atoms with van der Waals surface area (Å²) in [5.41, 5.74) is 3.60. The summed E-state index contributed by atoms with van der Waals surface area (Å²) >= 11 is 0. The standard InChI is InChI=1S/C11H16O8.C10H13N5O4/c1-5(13)9(17)11(6(2)14,19-7(3)15)10(18)8(16)4-12;11-8-5-9(13-2-12-8)15(3-14-5)10-7(18)6(17)4(1-16)19-10/h8,10,12,16,18H,4H2,1-3H3;2-4,6-7,10,16-18H,1H2,(H2,11,12,13)/t8?,10?,11-;4-,6-,7-,10-/m01/s1. The second-order valence-corrected chi connectivity index (χ2v) is 8.28. The fourth-order valence-electron chi connectivity index (χ4n) is 3.71. The lowest BCUT2D eigenvalue weighted by Crippen LogP contribution is -2.63. The highest BCUT2D eigenvalue weighted by molar-refractivity contribution is 6.44. The molecule has 1 aliphatic rings. The molecule has 0 radical (unpaired) electrons. The molecule has 8 N–H and O–H groups in total. The number of rotatable bonds is 9. The van der Waals surface area contributed by atoms with Gasteiger partial charge < -0.3 is 45.8 Å². The van der Waals surface area contributed by atoms with Crippen LogP contribution in [0.4, 0.5) is 5.82 Å². The minimum atomic E-state index is -2.85. The number of fused-ring (bicyclic) bond motifs is 1. The van der Waals surface area contributed by atoms with Crippen LogP contribution in [0.15, 0.2) is 12.7 Å². The summed E-state index contributed by atoms with van der Waals surface area (Å²) in [6, 6.07) is 0. The summed E-state index contributed by atoms with van der Waals surface area (Å²) in [5, 5.41) is 56.6. The molecular weight excluding hydrogens is 514 g/mol. The predicted molar refractivity (Wildman–Crippen MR) is 123 cm³/mol. The van der Waals surface area contributed by atoms with Gasteiger partial charge in [-0.2, -0.15) is 0 Å². The fourth-order valence-corrected chi connectivity index (χ4v) is 3.71. The third-order valence-corrected chi connectivity index (χ3v) is 5.63. The minimum absolute atomic E-state index is 0.218. The fraction of sp³-hybridized carbons (Fsp3) is 0.571. The lowest BCUT2D eigenvalue weighted by Gasteiger charge is -2.34. The number of aromatic nitrogens is 4. The van der Waals surface area contributed by atoms with E-state index in [1.54, 1.807) is 0 Å². The largest absolute Gasteiger partial charge is 0.440 e. The molecule has 0 saturated carbocycles. The van der Waals surface area contributed by atoms with Crippen LogP contribution < -0.4 is 5.73 Å². The summed E-state index contributed by atoms with van der Waals surface area (Å²) in [4.78, 5) is 57.5. The van der Waals surface area contributed by atoms with Gasteiger partial charge in [0.05, 0.1) is 19.5 Å². The van der Waals surface area contributed by atoms with Crippen molar-refractivity contribution < 1.29 is 59.3 Å². The van der Waals surface area contributed by atoms with Gasteiger partial charge in [-0.25, -0.2) is 15.0 Å². The quantitative estimate of drug-likeness (QED) is 0.0896. The second-order valence-electron chi connectivity index (χ2n) is 8.28. The van der Waals surface area contributed by atoms with Crippen molar-refractivity contribution in [2.75, 3.05) is 18.9 Å². The third kappa shape index (κ3) is 5.83. The molecule has 210 valence electrons. The van der Waals surface area contributed by atoms with Crippen LogP contribution in [0, 0.1) is 0 Å². The maximum atomic E-state index is 11.8. The Hall–Kier alpha value is -3.45. The highest BCUT2D eigenvalue weighted by Crippen LogP contribution is 2.31. The first-order valence-electron chi connectivity index (χ1n) is 11.0. The van der Waals surface area contributed by atoms with Gasteiger partial charge in [-0.1, -0.05) is 0 Å². The van der Waals surface area contributed by atoms with Crippen molar-refractivity contribution in [2.24, 2.45) is 0 Å². The monoisotopic (exact) mass is 543 g/mol. The number of ether oxygens (including phenoxy) is 2. The van der Waals surface area contributed by atoms with Crippen molar-refractivity contribution >= 4 is 40.3 Å². The van der Waals surface area contributed by atoms with Gasteiger partial charge >= 0.3 is 5.97 Å². The molecule has 0 bridgehead atoms. The van der Waals surface area contributed by atoms with Crippen molar-refractivity contribution in [3.8, 4) is 0 Å². The number of aliphatic hydroxyl groups excluding tert-OH is 6. The molecule has 3 rings (SSSR count). The molecule has 1 fully saturated rings. The lowest BCUT2D eigenvalue weighted by atomic mass is 9.83. The first kappa shape index (κ1) is 30.8. The van der Waals surface area contributed by atoms with Crippen LogP contribution in [0.5, 0.6) is 0 Å². The number of nitrogens with zero attached hydrogens (tertiary/aromatic N) is 4. The smallest absolute Gasteiger partial charge is 0.304 e. The summed E-state index contributed by atoms with van der Waals surface area (Å²) < 4.78 is 11.4. The molecule has 0 spiro atoms. The maximum Gasteiger partial charge on any atom is 0.304 e. The van der Waals surface area contributed by atoms with E-state index >= 15 is 0 Å². The van der Waals surface area contributed by atoms with Gasteiger partial charge in [-0.05, 0) is 6.92 Å². The zero-order chi connectivity index (χ0) is 28.9. The maximum absolute atomic E-state index is 11.8. The predicted octanol–water partition coefficient (Wildman–Crippen LogP) is -4.23. The Morgan fingerprint density at radius 3 is 2.21 bits per heavy atom. The number of anilines is 1. The van der Waals surface area contributed by atoms with E-state index < -0.39 is 78.9 Å². The summed E-state index contributed by atoms with van der Waals surface area (Å²) in [6.45, 7) is 1.11. The van der Waals surface area contributed by atoms with Crippen LogP contribution in [0.1, 0.15) is 27.0 Å². The summed E-state index contributed by atoms with van der Waals surface area (Å²) in [6.07, 6.45) is -5.62. The number of hydrogen-bond acceptors (Lipinski definition) is 16. The number of aliphatic hydroxyl groups is 6. The number of esters is 1. The number of Topliss-reactive ketones (excluding diaryl/α,β-unsaturated/α-hetero) is 3. The van der Waals surface area contributed by atoms with Gasteiger partial charge in [0.25, 0.3) is 11.4 Å². The second kappa shape index (κ2) is 12.4. The van der Waals surface area contributed by atoms with Gasteiger partial charge in [0.15, 0.2) is 29.3 Å². The molecule has 7 atom stereocenters. The molecule has 2 aromatic rings. The molecule has 0 aliphatic carbocycles. The molecule has 17 nitrogen and oxygen atoms in total. The van der Waals surface area contributed by atoms with Crippen molar-refractivity contribution in [3.63, 3.8) is 0 Å². The van der Waals surface area contributed by atoms with Crippen molar-refractivity contribution in [3.05, 3.63) is 12.7 Å². The van der Waals surface area contributed by atoms with Crippen LogP contribution in [-0.4, -0.2) is 123 Å². The van der Waals surface area contributed by atoms with Crippen LogP contribution >= 0.6 is 0 Å². The Kier molecular flexibility index (Phi) is 10.0. The Balaban J connectivity index is 0.000000267. The van der Waals surface area contributed by atoms with Gasteiger partial charge in [-0.3, -0.25) is 23.7 Å². The summed E-state index contributed by atoms with van der Waals surface area (Å²) in [5.74, 6) is -4.64. The van der Waals surface area contributed by atoms with Crippen molar-refractivity contribution in [2.45, 2.75) is 63.1 Å². The molecule has 1 aliphatic heterocycles. The van der Waals surface area contributed by atoms with Crippen LogP contribution in [0.2, 0.25) is 0 Å².